The van der Waals surface area contributed by atoms with Crippen LogP contribution in [0.1, 0.15) is 11.3 Å². The predicted molar refractivity (Wildman–Crippen MR) is 114 cm³/mol. The van der Waals surface area contributed by atoms with Crippen molar-refractivity contribution < 1.29 is 4.79 Å². The number of likely N-dealkylation sites (N-methyl/N-ethyl adjacent to an activating group) is 1. The summed E-state index contributed by atoms with van der Waals surface area (Å²) in [5, 5.41) is 3.22. The number of benzene rings is 2. The van der Waals surface area contributed by atoms with Crippen LogP contribution >= 0.6 is 0 Å². The summed E-state index contributed by atoms with van der Waals surface area (Å²) < 4.78 is 0. The van der Waals surface area contributed by atoms with E-state index in [0.29, 0.717) is 12.4 Å². The molecule has 0 unspecified atom stereocenters. The van der Waals surface area contributed by atoms with Crippen molar-refractivity contribution in [2.24, 2.45) is 0 Å². The number of hydrogen-bond acceptors (Lipinski definition) is 5. The molecule has 0 fully saturated rings. The summed E-state index contributed by atoms with van der Waals surface area (Å²) in [4.78, 5) is 25.1. The average Bonchev–Trinajstić information content (AvgIpc) is 2.68. The van der Waals surface area contributed by atoms with Crippen LogP contribution in [-0.4, -0.2) is 37.0 Å². The standard InChI is InChI=1S/C22H25N5O/c1-16-14-20(26(2)3)25-22(23-16)24-18-10-12-19(13-11-18)27(4)21(28)15-17-8-6-5-7-9-17/h5-14H,15H2,1-4H3,(H,23,24,25). The zero-order valence-corrected chi connectivity index (χ0v) is 16.7. The maximum Gasteiger partial charge on any atom is 0.231 e. The van der Waals surface area contributed by atoms with E-state index in [2.05, 4.69) is 15.3 Å². The zero-order chi connectivity index (χ0) is 20.1. The summed E-state index contributed by atoms with van der Waals surface area (Å²) in [7, 11) is 5.69. The molecule has 1 amide bonds. The van der Waals surface area contributed by atoms with E-state index < -0.39 is 0 Å². The fraction of sp³-hybridized carbons (Fsp3) is 0.227. The minimum atomic E-state index is 0.0459. The Morgan fingerprint density at radius 1 is 0.964 bits per heavy atom. The van der Waals surface area contributed by atoms with Gasteiger partial charge in [-0.1, -0.05) is 30.3 Å². The van der Waals surface area contributed by atoms with E-state index in [1.807, 2.05) is 86.6 Å². The van der Waals surface area contributed by atoms with Crippen molar-refractivity contribution in [3.63, 3.8) is 0 Å². The first-order chi connectivity index (χ1) is 13.4. The Bertz CT molecular complexity index is 939. The summed E-state index contributed by atoms with van der Waals surface area (Å²) in [5.41, 5.74) is 3.60. The smallest absolute Gasteiger partial charge is 0.231 e. The maximum atomic E-state index is 12.5. The van der Waals surface area contributed by atoms with Gasteiger partial charge in [0.2, 0.25) is 11.9 Å². The van der Waals surface area contributed by atoms with Gasteiger partial charge in [0.05, 0.1) is 6.42 Å². The molecule has 0 bridgehead atoms. The van der Waals surface area contributed by atoms with Gasteiger partial charge in [0, 0.05) is 44.3 Å². The molecular formula is C22H25N5O. The molecule has 0 spiro atoms. The van der Waals surface area contributed by atoms with Crippen molar-refractivity contribution in [1.82, 2.24) is 9.97 Å². The molecule has 1 heterocycles. The first-order valence-electron chi connectivity index (χ1n) is 9.13. The van der Waals surface area contributed by atoms with Crippen molar-refractivity contribution in [3.05, 3.63) is 71.9 Å². The van der Waals surface area contributed by atoms with Crippen LogP contribution in [-0.2, 0) is 11.2 Å². The minimum Gasteiger partial charge on any atom is -0.363 e. The molecule has 1 N–H and O–H groups in total. The second kappa shape index (κ2) is 8.52. The third-order valence-electron chi connectivity index (χ3n) is 4.38. The van der Waals surface area contributed by atoms with Crippen molar-refractivity contribution in [2.75, 3.05) is 36.3 Å². The predicted octanol–water partition coefficient (Wildman–Crippen LogP) is 3.80. The lowest BCUT2D eigenvalue weighted by Crippen LogP contribution is -2.27. The lowest BCUT2D eigenvalue weighted by Gasteiger charge is -2.18. The fourth-order valence-electron chi connectivity index (χ4n) is 2.77. The van der Waals surface area contributed by atoms with Gasteiger partial charge in [-0.2, -0.15) is 4.98 Å². The van der Waals surface area contributed by atoms with Gasteiger partial charge in [-0.15, -0.1) is 0 Å². The molecule has 0 aliphatic heterocycles. The molecule has 0 saturated carbocycles. The third-order valence-corrected chi connectivity index (χ3v) is 4.38. The minimum absolute atomic E-state index is 0.0459. The SMILES string of the molecule is Cc1cc(N(C)C)nc(Nc2ccc(N(C)C(=O)Cc3ccccc3)cc2)n1. The number of aromatic nitrogens is 2. The lowest BCUT2D eigenvalue weighted by atomic mass is 10.1. The topological polar surface area (TPSA) is 61.4 Å². The maximum absolute atomic E-state index is 12.5. The van der Waals surface area contributed by atoms with Gasteiger partial charge in [-0.3, -0.25) is 4.79 Å². The highest BCUT2D eigenvalue weighted by Gasteiger charge is 2.12. The lowest BCUT2D eigenvalue weighted by molar-refractivity contribution is -0.117. The van der Waals surface area contributed by atoms with Gasteiger partial charge < -0.3 is 15.1 Å². The number of rotatable bonds is 6. The number of carbonyl (C=O) groups excluding carboxylic acids is 1. The van der Waals surface area contributed by atoms with E-state index in [4.69, 9.17) is 0 Å². The second-order valence-electron chi connectivity index (χ2n) is 6.87. The van der Waals surface area contributed by atoms with Crippen LogP contribution in [0.25, 0.3) is 0 Å². The van der Waals surface area contributed by atoms with Crippen molar-refractivity contribution in [2.45, 2.75) is 13.3 Å². The fourth-order valence-corrected chi connectivity index (χ4v) is 2.77. The molecule has 6 nitrogen and oxygen atoms in total. The molecule has 1 aromatic heterocycles. The zero-order valence-electron chi connectivity index (χ0n) is 16.7. The molecule has 0 atom stereocenters. The Kier molecular flexibility index (Phi) is 5.89. The van der Waals surface area contributed by atoms with E-state index in [0.717, 1.165) is 28.5 Å². The summed E-state index contributed by atoms with van der Waals surface area (Å²) in [5.74, 6) is 1.44. The summed E-state index contributed by atoms with van der Waals surface area (Å²) in [6.07, 6.45) is 0.377. The number of aryl methyl sites for hydroxylation is 1. The van der Waals surface area contributed by atoms with Gasteiger partial charge in [0.1, 0.15) is 5.82 Å². The van der Waals surface area contributed by atoms with Crippen LogP contribution < -0.4 is 15.1 Å². The first-order valence-corrected chi connectivity index (χ1v) is 9.13. The van der Waals surface area contributed by atoms with Crippen LogP contribution in [0.15, 0.2) is 60.7 Å². The molecule has 3 aromatic rings. The summed E-state index contributed by atoms with van der Waals surface area (Å²) >= 11 is 0. The quantitative estimate of drug-likeness (QED) is 0.710. The van der Waals surface area contributed by atoms with Crippen LogP contribution in [0.2, 0.25) is 0 Å². The summed E-state index contributed by atoms with van der Waals surface area (Å²) in [6, 6.07) is 19.3. The largest absolute Gasteiger partial charge is 0.363 e. The monoisotopic (exact) mass is 375 g/mol. The Balaban J connectivity index is 1.68. The molecule has 0 saturated heterocycles. The first kappa shape index (κ1) is 19.4. The van der Waals surface area contributed by atoms with E-state index in [1.165, 1.54) is 0 Å². The number of nitrogens with zero attached hydrogens (tertiary/aromatic N) is 4. The average molecular weight is 375 g/mol. The number of nitrogens with one attached hydrogen (secondary N) is 1. The van der Waals surface area contributed by atoms with Gasteiger partial charge in [0.15, 0.2) is 0 Å². The Labute approximate surface area is 165 Å². The van der Waals surface area contributed by atoms with Gasteiger partial charge >= 0.3 is 0 Å². The van der Waals surface area contributed by atoms with Gasteiger partial charge in [-0.25, -0.2) is 4.98 Å². The van der Waals surface area contributed by atoms with E-state index in [9.17, 15) is 4.79 Å². The highest BCUT2D eigenvalue weighted by molar-refractivity contribution is 5.94. The molecule has 6 heteroatoms. The molecule has 0 radical (unpaired) electrons. The van der Waals surface area contributed by atoms with Crippen LogP contribution in [0.5, 0.6) is 0 Å². The van der Waals surface area contributed by atoms with Crippen molar-refractivity contribution in [1.29, 1.82) is 0 Å². The highest BCUT2D eigenvalue weighted by Crippen LogP contribution is 2.21. The van der Waals surface area contributed by atoms with Gasteiger partial charge in [0.25, 0.3) is 0 Å². The summed E-state index contributed by atoms with van der Waals surface area (Å²) in [6.45, 7) is 1.94. The normalized spacial score (nSPS) is 10.4. The second-order valence-corrected chi connectivity index (χ2v) is 6.87. The molecule has 144 valence electrons. The van der Waals surface area contributed by atoms with Crippen LogP contribution in [0, 0.1) is 6.92 Å². The van der Waals surface area contributed by atoms with Crippen LogP contribution in [0.4, 0.5) is 23.1 Å². The molecule has 2 aromatic carbocycles. The number of hydrogen-bond donors (Lipinski definition) is 1. The Morgan fingerprint density at radius 2 is 1.64 bits per heavy atom. The van der Waals surface area contributed by atoms with E-state index >= 15 is 0 Å². The molecule has 28 heavy (non-hydrogen) atoms. The number of carbonyl (C=O) groups is 1. The van der Waals surface area contributed by atoms with Crippen molar-refractivity contribution >= 4 is 29.0 Å². The Morgan fingerprint density at radius 3 is 2.29 bits per heavy atom. The number of amides is 1. The number of anilines is 4. The van der Waals surface area contributed by atoms with Gasteiger partial charge in [-0.05, 0) is 36.8 Å². The molecule has 0 aliphatic carbocycles. The third kappa shape index (κ3) is 4.85. The van der Waals surface area contributed by atoms with E-state index in [-0.39, 0.29) is 5.91 Å². The molecule has 3 rings (SSSR count). The highest BCUT2D eigenvalue weighted by atomic mass is 16.2. The molecule has 0 aliphatic rings. The van der Waals surface area contributed by atoms with Crippen LogP contribution in [0.3, 0.4) is 0 Å². The van der Waals surface area contributed by atoms with E-state index in [1.54, 1.807) is 11.9 Å². The molecular weight excluding hydrogens is 350 g/mol. The van der Waals surface area contributed by atoms with Crippen molar-refractivity contribution in [3.8, 4) is 0 Å². The Hall–Kier alpha value is -3.41.